The van der Waals surface area contributed by atoms with Gasteiger partial charge in [0.1, 0.15) is 5.75 Å². The normalized spacial score (nSPS) is 16.5. The summed E-state index contributed by atoms with van der Waals surface area (Å²) in [6, 6.07) is 6.44. The molecule has 1 heterocycles. The van der Waals surface area contributed by atoms with Gasteiger partial charge >= 0.3 is 0 Å². The predicted molar refractivity (Wildman–Crippen MR) is 79.6 cm³/mol. The first-order chi connectivity index (χ1) is 9.35. The summed E-state index contributed by atoms with van der Waals surface area (Å²) < 4.78 is 5.97. The Bertz CT molecular complexity index is 386. The number of hydrogen-bond donors (Lipinski definition) is 2. The van der Waals surface area contributed by atoms with Crippen molar-refractivity contribution in [3.05, 3.63) is 29.3 Å². The molecule has 1 fully saturated rings. The summed E-state index contributed by atoms with van der Waals surface area (Å²) in [6.45, 7) is 5.82. The van der Waals surface area contributed by atoms with Gasteiger partial charge in [-0.05, 0) is 55.5 Å². The lowest BCUT2D eigenvalue weighted by molar-refractivity contribution is 0.301. The Balaban J connectivity index is 2.15. The van der Waals surface area contributed by atoms with E-state index in [1.807, 2.05) is 0 Å². The van der Waals surface area contributed by atoms with Gasteiger partial charge < -0.3 is 15.8 Å². The van der Waals surface area contributed by atoms with Gasteiger partial charge in [-0.1, -0.05) is 25.5 Å². The fourth-order valence-corrected chi connectivity index (χ4v) is 2.63. The third-order valence-corrected chi connectivity index (χ3v) is 3.84. The Morgan fingerprint density at radius 3 is 2.79 bits per heavy atom. The molecule has 1 aliphatic rings. The molecule has 1 aromatic carbocycles. The van der Waals surface area contributed by atoms with Gasteiger partial charge in [0.25, 0.3) is 0 Å². The van der Waals surface area contributed by atoms with E-state index in [1.54, 1.807) is 0 Å². The number of piperidine rings is 1. The maximum Gasteiger partial charge on any atom is 0.122 e. The molecular weight excluding hydrogens is 236 g/mol. The average molecular weight is 262 g/mol. The van der Waals surface area contributed by atoms with E-state index in [-0.39, 0.29) is 0 Å². The van der Waals surface area contributed by atoms with E-state index in [9.17, 15) is 0 Å². The van der Waals surface area contributed by atoms with Crippen molar-refractivity contribution in [1.82, 2.24) is 5.32 Å². The average Bonchev–Trinajstić information content (AvgIpc) is 2.48. The van der Waals surface area contributed by atoms with Crippen LogP contribution in [0.1, 0.15) is 49.7 Å². The highest BCUT2D eigenvalue weighted by Gasteiger charge is 2.19. The van der Waals surface area contributed by atoms with Gasteiger partial charge in [-0.15, -0.1) is 0 Å². The third kappa shape index (κ3) is 3.95. The molecule has 2 rings (SSSR count). The van der Waals surface area contributed by atoms with Crippen molar-refractivity contribution < 1.29 is 4.74 Å². The molecule has 3 heteroatoms. The van der Waals surface area contributed by atoms with Crippen molar-refractivity contribution in [2.75, 3.05) is 19.7 Å². The maximum absolute atomic E-state index is 5.97. The molecule has 0 radical (unpaired) electrons. The highest BCUT2D eigenvalue weighted by Crippen LogP contribution is 2.33. The second-order valence-electron chi connectivity index (χ2n) is 5.30. The minimum Gasteiger partial charge on any atom is -0.493 e. The highest BCUT2D eigenvalue weighted by atomic mass is 16.5. The molecule has 3 nitrogen and oxygen atoms in total. The molecule has 0 aromatic heterocycles. The number of nitrogens with one attached hydrogen (secondary N) is 1. The van der Waals surface area contributed by atoms with Gasteiger partial charge in [-0.3, -0.25) is 0 Å². The van der Waals surface area contributed by atoms with E-state index in [4.69, 9.17) is 10.5 Å². The van der Waals surface area contributed by atoms with Crippen LogP contribution in [0.15, 0.2) is 18.2 Å². The van der Waals surface area contributed by atoms with Crippen LogP contribution in [0.4, 0.5) is 0 Å². The topological polar surface area (TPSA) is 47.3 Å². The molecule has 0 bridgehead atoms. The van der Waals surface area contributed by atoms with Crippen molar-refractivity contribution in [3.63, 3.8) is 0 Å². The number of nitrogens with two attached hydrogens (primary N) is 1. The van der Waals surface area contributed by atoms with Crippen molar-refractivity contribution in [3.8, 4) is 5.75 Å². The fraction of sp³-hybridized carbons (Fsp3) is 0.625. The van der Waals surface area contributed by atoms with Gasteiger partial charge in [0.2, 0.25) is 0 Å². The summed E-state index contributed by atoms with van der Waals surface area (Å²) >= 11 is 0. The number of hydrogen-bond acceptors (Lipinski definition) is 3. The monoisotopic (exact) mass is 262 g/mol. The quantitative estimate of drug-likeness (QED) is 0.775. The third-order valence-electron chi connectivity index (χ3n) is 3.84. The van der Waals surface area contributed by atoms with Gasteiger partial charge in [-0.2, -0.15) is 0 Å². The number of rotatable bonds is 6. The molecule has 3 N–H and O–H groups in total. The molecule has 0 spiro atoms. The van der Waals surface area contributed by atoms with Crippen molar-refractivity contribution in [1.29, 1.82) is 0 Å². The van der Waals surface area contributed by atoms with Crippen LogP contribution in [0.5, 0.6) is 5.75 Å². The Kier molecular flexibility index (Phi) is 5.67. The van der Waals surface area contributed by atoms with Crippen LogP contribution in [0, 0.1) is 0 Å². The van der Waals surface area contributed by atoms with Crippen LogP contribution in [-0.2, 0) is 6.54 Å². The molecule has 1 saturated heterocycles. The maximum atomic E-state index is 5.97. The molecule has 0 atom stereocenters. The van der Waals surface area contributed by atoms with Crippen molar-refractivity contribution in [2.24, 2.45) is 5.73 Å². The predicted octanol–water partition coefficient (Wildman–Crippen LogP) is 2.79. The van der Waals surface area contributed by atoms with E-state index in [2.05, 4.69) is 30.4 Å². The SMILES string of the molecule is CCCCOc1ccc(CN)cc1C1CCNCC1. The largest absolute Gasteiger partial charge is 0.493 e. The molecule has 106 valence electrons. The second kappa shape index (κ2) is 7.51. The molecule has 0 unspecified atom stereocenters. The van der Waals surface area contributed by atoms with Crippen LogP contribution < -0.4 is 15.8 Å². The highest BCUT2D eigenvalue weighted by molar-refractivity contribution is 5.40. The summed E-state index contributed by atoms with van der Waals surface area (Å²) in [5.41, 5.74) is 8.33. The Morgan fingerprint density at radius 1 is 1.32 bits per heavy atom. The molecular formula is C16H26N2O. The smallest absolute Gasteiger partial charge is 0.122 e. The van der Waals surface area contributed by atoms with Crippen LogP contribution in [0.2, 0.25) is 0 Å². The van der Waals surface area contributed by atoms with E-state index in [0.29, 0.717) is 12.5 Å². The first kappa shape index (κ1) is 14.4. The van der Waals surface area contributed by atoms with Gasteiger partial charge in [0.05, 0.1) is 6.61 Å². The van der Waals surface area contributed by atoms with Crippen LogP contribution in [0.3, 0.4) is 0 Å². The summed E-state index contributed by atoms with van der Waals surface area (Å²) in [4.78, 5) is 0. The molecule has 1 aliphatic heterocycles. The summed E-state index contributed by atoms with van der Waals surface area (Å²) in [6.07, 6.45) is 4.67. The molecule has 0 aliphatic carbocycles. The van der Waals surface area contributed by atoms with Crippen molar-refractivity contribution >= 4 is 0 Å². The molecule has 0 saturated carbocycles. The minimum absolute atomic E-state index is 0.604. The number of benzene rings is 1. The van der Waals surface area contributed by atoms with Gasteiger partial charge in [0.15, 0.2) is 0 Å². The van der Waals surface area contributed by atoms with Crippen LogP contribution in [-0.4, -0.2) is 19.7 Å². The lowest BCUT2D eigenvalue weighted by atomic mass is 9.88. The molecule has 19 heavy (non-hydrogen) atoms. The first-order valence-corrected chi connectivity index (χ1v) is 7.51. The lowest BCUT2D eigenvalue weighted by Gasteiger charge is -2.25. The molecule has 1 aromatic rings. The van der Waals surface area contributed by atoms with Crippen LogP contribution >= 0.6 is 0 Å². The Hall–Kier alpha value is -1.06. The summed E-state index contributed by atoms with van der Waals surface area (Å²) in [7, 11) is 0. The van der Waals surface area contributed by atoms with E-state index >= 15 is 0 Å². The Morgan fingerprint density at radius 2 is 2.11 bits per heavy atom. The zero-order valence-corrected chi connectivity index (χ0v) is 12.0. The van der Waals surface area contributed by atoms with Gasteiger partial charge in [-0.25, -0.2) is 0 Å². The molecule has 0 amide bonds. The summed E-state index contributed by atoms with van der Waals surface area (Å²) in [5, 5.41) is 3.42. The number of ether oxygens (including phenoxy) is 1. The van der Waals surface area contributed by atoms with Crippen LogP contribution in [0.25, 0.3) is 0 Å². The van der Waals surface area contributed by atoms with E-state index < -0.39 is 0 Å². The van der Waals surface area contributed by atoms with Gasteiger partial charge in [0, 0.05) is 6.54 Å². The lowest BCUT2D eigenvalue weighted by Crippen LogP contribution is -2.27. The van der Waals surface area contributed by atoms with Crippen molar-refractivity contribution in [2.45, 2.75) is 45.1 Å². The zero-order valence-electron chi connectivity index (χ0n) is 12.0. The summed E-state index contributed by atoms with van der Waals surface area (Å²) in [5.74, 6) is 1.68. The first-order valence-electron chi connectivity index (χ1n) is 7.51. The minimum atomic E-state index is 0.604. The zero-order chi connectivity index (χ0) is 13.5. The van der Waals surface area contributed by atoms with E-state index in [0.717, 1.165) is 31.9 Å². The number of unbranched alkanes of at least 4 members (excludes halogenated alkanes) is 1. The second-order valence-corrected chi connectivity index (χ2v) is 5.30. The Labute approximate surface area is 116 Å². The fourth-order valence-electron chi connectivity index (χ4n) is 2.63. The standard InChI is InChI=1S/C16H26N2O/c1-2-3-10-19-16-5-4-13(12-17)11-15(16)14-6-8-18-9-7-14/h4-5,11,14,18H,2-3,6-10,12,17H2,1H3. The van der Waals surface area contributed by atoms with E-state index in [1.165, 1.54) is 30.4 Å².